The number of nitrogens with zero attached hydrogens (tertiary/aromatic N) is 1. The smallest absolute Gasteiger partial charge is 0.253 e. The van der Waals surface area contributed by atoms with Gasteiger partial charge in [-0.3, -0.25) is 4.79 Å². The molecule has 0 bridgehead atoms. The van der Waals surface area contributed by atoms with Crippen molar-refractivity contribution < 1.29 is 14.3 Å². The van der Waals surface area contributed by atoms with Crippen LogP contribution in [0.2, 0.25) is 0 Å². The predicted molar refractivity (Wildman–Crippen MR) is 71.5 cm³/mol. The number of anilines is 1. The predicted octanol–water partition coefficient (Wildman–Crippen LogP) is 0.790. The van der Waals surface area contributed by atoms with Crippen molar-refractivity contribution in [1.29, 1.82) is 0 Å². The normalized spacial score (nSPS) is 27.0. The highest BCUT2D eigenvalue weighted by atomic mass is 16.5. The first-order valence-corrected chi connectivity index (χ1v) is 6.51. The Morgan fingerprint density at radius 1 is 1.47 bits per heavy atom. The Hall–Kier alpha value is -1.59. The van der Waals surface area contributed by atoms with Crippen molar-refractivity contribution in [3.63, 3.8) is 0 Å². The quantitative estimate of drug-likeness (QED) is 0.856. The Kier molecular flexibility index (Phi) is 3.16. The van der Waals surface area contributed by atoms with Gasteiger partial charge in [0.05, 0.1) is 19.3 Å². The number of hydrogen-bond donors (Lipinski definition) is 1. The van der Waals surface area contributed by atoms with Crippen LogP contribution in [0.15, 0.2) is 24.3 Å². The van der Waals surface area contributed by atoms with E-state index in [-0.39, 0.29) is 18.1 Å². The van der Waals surface area contributed by atoms with Gasteiger partial charge in [0.15, 0.2) is 0 Å². The third-order valence-corrected chi connectivity index (χ3v) is 3.85. The van der Waals surface area contributed by atoms with Crippen molar-refractivity contribution in [1.82, 2.24) is 5.32 Å². The highest BCUT2D eigenvalue weighted by molar-refractivity contribution is 5.96. The van der Waals surface area contributed by atoms with E-state index in [1.165, 1.54) is 0 Å². The van der Waals surface area contributed by atoms with Crippen molar-refractivity contribution in [2.24, 2.45) is 0 Å². The fourth-order valence-electron chi connectivity index (χ4n) is 2.93. The van der Waals surface area contributed by atoms with E-state index >= 15 is 0 Å². The molecular formula is C14H18N2O3. The molecule has 1 aromatic rings. The van der Waals surface area contributed by atoms with Gasteiger partial charge in [0.2, 0.25) is 0 Å². The third-order valence-electron chi connectivity index (χ3n) is 3.85. The van der Waals surface area contributed by atoms with Gasteiger partial charge in [-0.2, -0.15) is 0 Å². The zero-order chi connectivity index (χ0) is 13.3. The third kappa shape index (κ3) is 2.09. The molecule has 2 fully saturated rings. The van der Waals surface area contributed by atoms with Gasteiger partial charge in [0, 0.05) is 18.3 Å². The van der Waals surface area contributed by atoms with Gasteiger partial charge in [0.1, 0.15) is 12.4 Å². The minimum absolute atomic E-state index is 0.0169. The van der Waals surface area contributed by atoms with Crippen LogP contribution >= 0.6 is 0 Å². The van der Waals surface area contributed by atoms with E-state index in [2.05, 4.69) is 5.32 Å². The SMILES string of the molecule is COc1cccc(N2C(=O)COCC23CCNC3)c1. The van der Waals surface area contributed by atoms with E-state index in [4.69, 9.17) is 9.47 Å². The molecule has 1 amide bonds. The van der Waals surface area contributed by atoms with E-state index < -0.39 is 0 Å². The van der Waals surface area contributed by atoms with Gasteiger partial charge in [-0.05, 0) is 25.1 Å². The van der Waals surface area contributed by atoms with E-state index in [0.29, 0.717) is 6.61 Å². The molecule has 0 aromatic heterocycles. The maximum Gasteiger partial charge on any atom is 0.253 e. The Bertz CT molecular complexity index is 483. The maximum absolute atomic E-state index is 12.3. The lowest BCUT2D eigenvalue weighted by Crippen LogP contribution is -2.61. The second-order valence-electron chi connectivity index (χ2n) is 5.07. The van der Waals surface area contributed by atoms with Crippen molar-refractivity contribution >= 4 is 11.6 Å². The molecule has 5 nitrogen and oxygen atoms in total. The van der Waals surface area contributed by atoms with Crippen LogP contribution in [0.1, 0.15) is 6.42 Å². The van der Waals surface area contributed by atoms with Crippen LogP contribution in [0.5, 0.6) is 5.75 Å². The molecule has 3 rings (SSSR count). The number of rotatable bonds is 2. The van der Waals surface area contributed by atoms with Crippen LogP contribution in [0.25, 0.3) is 0 Å². The molecular weight excluding hydrogens is 244 g/mol. The Morgan fingerprint density at radius 2 is 2.37 bits per heavy atom. The molecule has 1 N–H and O–H groups in total. The first-order valence-electron chi connectivity index (χ1n) is 6.51. The van der Waals surface area contributed by atoms with Crippen LogP contribution in [-0.4, -0.2) is 44.9 Å². The number of benzene rings is 1. The fraction of sp³-hybridized carbons (Fsp3) is 0.500. The number of morpholine rings is 1. The largest absolute Gasteiger partial charge is 0.497 e. The lowest BCUT2D eigenvalue weighted by Gasteiger charge is -2.43. The average Bonchev–Trinajstić information content (AvgIpc) is 2.88. The molecule has 0 aliphatic carbocycles. The van der Waals surface area contributed by atoms with Crippen molar-refractivity contribution in [3.8, 4) is 5.75 Å². The molecule has 5 heteroatoms. The lowest BCUT2D eigenvalue weighted by atomic mass is 9.94. The fourth-order valence-corrected chi connectivity index (χ4v) is 2.93. The second-order valence-corrected chi connectivity index (χ2v) is 5.07. The van der Waals surface area contributed by atoms with Crippen molar-refractivity contribution in [2.75, 3.05) is 38.3 Å². The van der Waals surface area contributed by atoms with Crippen LogP contribution in [0.3, 0.4) is 0 Å². The number of ether oxygens (including phenoxy) is 2. The standard InChI is InChI=1S/C14H18N2O3/c1-18-12-4-2-3-11(7-12)16-13(17)8-19-10-14(16)5-6-15-9-14/h2-4,7,15H,5-6,8-10H2,1H3. The first-order chi connectivity index (χ1) is 9.25. The zero-order valence-electron chi connectivity index (χ0n) is 11.0. The van der Waals surface area contributed by atoms with E-state index in [0.717, 1.165) is 30.9 Å². The molecule has 19 heavy (non-hydrogen) atoms. The highest BCUT2D eigenvalue weighted by Gasteiger charge is 2.46. The summed E-state index contributed by atoms with van der Waals surface area (Å²) >= 11 is 0. The minimum Gasteiger partial charge on any atom is -0.497 e. The van der Waals surface area contributed by atoms with Gasteiger partial charge in [-0.25, -0.2) is 0 Å². The Balaban J connectivity index is 2.00. The number of carbonyl (C=O) groups excluding carboxylic acids is 1. The van der Waals surface area contributed by atoms with Gasteiger partial charge in [-0.15, -0.1) is 0 Å². The van der Waals surface area contributed by atoms with Crippen LogP contribution in [0.4, 0.5) is 5.69 Å². The minimum atomic E-state index is -0.248. The summed E-state index contributed by atoms with van der Waals surface area (Å²) in [5.74, 6) is 0.779. The van der Waals surface area contributed by atoms with Crippen LogP contribution in [0, 0.1) is 0 Å². The highest BCUT2D eigenvalue weighted by Crippen LogP contribution is 2.34. The summed E-state index contributed by atoms with van der Waals surface area (Å²) in [6.07, 6.45) is 0.913. The monoisotopic (exact) mass is 262 g/mol. The summed E-state index contributed by atoms with van der Waals surface area (Å²) in [5.41, 5.74) is 0.637. The van der Waals surface area contributed by atoms with Gasteiger partial charge >= 0.3 is 0 Å². The molecule has 1 spiro atoms. The molecule has 1 aromatic carbocycles. The summed E-state index contributed by atoms with van der Waals surface area (Å²) in [6, 6.07) is 7.65. The number of amides is 1. The van der Waals surface area contributed by atoms with Crippen molar-refractivity contribution in [2.45, 2.75) is 12.0 Å². The number of methoxy groups -OCH3 is 1. The molecule has 1 atom stereocenters. The molecule has 0 radical (unpaired) electrons. The maximum atomic E-state index is 12.3. The van der Waals surface area contributed by atoms with E-state index in [9.17, 15) is 4.79 Å². The van der Waals surface area contributed by atoms with Gasteiger partial charge in [0.25, 0.3) is 5.91 Å². The summed E-state index contributed by atoms with van der Waals surface area (Å²) < 4.78 is 10.7. The zero-order valence-corrected chi connectivity index (χ0v) is 11.0. The first kappa shape index (κ1) is 12.4. The number of hydrogen-bond acceptors (Lipinski definition) is 4. The van der Waals surface area contributed by atoms with E-state index in [1.54, 1.807) is 7.11 Å². The molecule has 1 unspecified atom stereocenters. The second kappa shape index (κ2) is 4.83. The van der Waals surface area contributed by atoms with Crippen LogP contribution in [-0.2, 0) is 9.53 Å². The summed E-state index contributed by atoms with van der Waals surface area (Å²) in [6.45, 7) is 2.43. The lowest BCUT2D eigenvalue weighted by molar-refractivity contribution is -0.129. The summed E-state index contributed by atoms with van der Waals surface area (Å²) in [4.78, 5) is 14.2. The molecule has 2 heterocycles. The Labute approximate surface area is 112 Å². The average molecular weight is 262 g/mol. The number of carbonyl (C=O) groups is 1. The van der Waals surface area contributed by atoms with Gasteiger partial charge in [-0.1, -0.05) is 6.07 Å². The van der Waals surface area contributed by atoms with Crippen molar-refractivity contribution in [3.05, 3.63) is 24.3 Å². The topological polar surface area (TPSA) is 50.8 Å². The summed E-state index contributed by atoms with van der Waals surface area (Å²) in [5, 5.41) is 3.33. The molecule has 0 saturated carbocycles. The molecule has 2 aliphatic rings. The van der Waals surface area contributed by atoms with E-state index in [1.807, 2.05) is 29.2 Å². The van der Waals surface area contributed by atoms with Crippen LogP contribution < -0.4 is 15.0 Å². The molecule has 102 valence electrons. The molecule has 2 aliphatic heterocycles. The number of nitrogens with one attached hydrogen (secondary N) is 1. The molecule has 2 saturated heterocycles. The summed E-state index contributed by atoms with van der Waals surface area (Å²) in [7, 11) is 1.63. The van der Waals surface area contributed by atoms with Gasteiger partial charge < -0.3 is 19.7 Å². The Morgan fingerprint density at radius 3 is 3.11 bits per heavy atom.